The smallest absolute Gasteiger partial charge is 0.321 e. The van der Waals surface area contributed by atoms with E-state index in [2.05, 4.69) is 10.2 Å². The molecule has 0 bridgehead atoms. The highest BCUT2D eigenvalue weighted by atomic mass is 16.2. The molecule has 1 aromatic carbocycles. The number of amides is 2. The van der Waals surface area contributed by atoms with Crippen LogP contribution in [0.25, 0.3) is 0 Å². The van der Waals surface area contributed by atoms with Crippen LogP contribution in [0.5, 0.6) is 0 Å². The Hall–Kier alpha value is -1.59. The maximum Gasteiger partial charge on any atom is 0.321 e. The van der Waals surface area contributed by atoms with Gasteiger partial charge in [0.15, 0.2) is 0 Å². The number of anilines is 1. The van der Waals surface area contributed by atoms with Gasteiger partial charge < -0.3 is 16.0 Å². The lowest BCUT2D eigenvalue weighted by atomic mass is 10.2. The zero-order valence-corrected chi connectivity index (χ0v) is 11.9. The van der Waals surface area contributed by atoms with E-state index >= 15 is 0 Å². The average Bonchev–Trinajstić information content (AvgIpc) is 2.49. The summed E-state index contributed by atoms with van der Waals surface area (Å²) in [4.78, 5) is 16.4. The molecular weight excluding hydrogens is 252 g/mol. The number of nitrogens with two attached hydrogens (primary N) is 1. The highest BCUT2D eigenvalue weighted by molar-refractivity contribution is 5.89. The third kappa shape index (κ3) is 4.51. The van der Waals surface area contributed by atoms with Crippen molar-refractivity contribution in [1.29, 1.82) is 0 Å². The second-order valence-corrected chi connectivity index (χ2v) is 5.12. The SMILES string of the molecule is NCCCCN1CCN(C(=O)Nc2ccccc2)CC1. The van der Waals surface area contributed by atoms with Crippen LogP contribution in [0.15, 0.2) is 30.3 Å². The molecule has 5 nitrogen and oxygen atoms in total. The first-order chi connectivity index (χ1) is 9.79. The van der Waals surface area contributed by atoms with Crippen molar-refractivity contribution in [2.45, 2.75) is 12.8 Å². The molecule has 2 amide bonds. The van der Waals surface area contributed by atoms with Gasteiger partial charge >= 0.3 is 6.03 Å². The molecule has 0 atom stereocenters. The number of rotatable bonds is 5. The lowest BCUT2D eigenvalue weighted by molar-refractivity contribution is 0.146. The summed E-state index contributed by atoms with van der Waals surface area (Å²) in [5.41, 5.74) is 6.35. The van der Waals surface area contributed by atoms with Crippen LogP contribution in [0, 0.1) is 0 Å². The van der Waals surface area contributed by atoms with Gasteiger partial charge in [0.2, 0.25) is 0 Å². The van der Waals surface area contributed by atoms with Gasteiger partial charge in [0.1, 0.15) is 0 Å². The minimum absolute atomic E-state index is 0.00203. The second-order valence-electron chi connectivity index (χ2n) is 5.12. The van der Waals surface area contributed by atoms with Crippen molar-refractivity contribution in [3.8, 4) is 0 Å². The van der Waals surface area contributed by atoms with Gasteiger partial charge in [-0.2, -0.15) is 0 Å². The van der Waals surface area contributed by atoms with Crippen LogP contribution >= 0.6 is 0 Å². The third-order valence-electron chi connectivity index (χ3n) is 3.61. The molecular formula is C15H24N4O. The maximum absolute atomic E-state index is 12.1. The number of hydrogen-bond acceptors (Lipinski definition) is 3. The highest BCUT2D eigenvalue weighted by Crippen LogP contribution is 2.09. The molecule has 1 aromatic rings. The minimum atomic E-state index is -0.00203. The molecule has 2 rings (SSSR count). The lowest BCUT2D eigenvalue weighted by Crippen LogP contribution is -2.50. The number of unbranched alkanes of at least 4 members (excludes halogenated alkanes) is 1. The van der Waals surface area contributed by atoms with Crippen molar-refractivity contribution >= 4 is 11.7 Å². The predicted octanol–water partition coefficient (Wildman–Crippen LogP) is 1.57. The van der Waals surface area contributed by atoms with Gasteiger partial charge in [-0.05, 0) is 38.1 Å². The van der Waals surface area contributed by atoms with E-state index in [-0.39, 0.29) is 6.03 Å². The lowest BCUT2D eigenvalue weighted by Gasteiger charge is -2.34. The largest absolute Gasteiger partial charge is 0.330 e. The molecule has 0 spiro atoms. The number of carbonyl (C=O) groups excluding carboxylic acids is 1. The standard InChI is InChI=1S/C15H24N4O/c16-8-4-5-9-18-10-12-19(13-11-18)15(20)17-14-6-2-1-3-7-14/h1-3,6-7H,4-5,8-13,16H2,(H,17,20). The fraction of sp³-hybridized carbons (Fsp3) is 0.533. The van der Waals surface area contributed by atoms with Crippen LogP contribution < -0.4 is 11.1 Å². The molecule has 1 heterocycles. The summed E-state index contributed by atoms with van der Waals surface area (Å²) >= 11 is 0. The Bertz CT molecular complexity index is 402. The molecule has 0 unspecified atom stereocenters. The van der Waals surface area contributed by atoms with E-state index < -0.39 is 0 Å². The van der Waals surface area contributed by atoms with Crippen molar-refractivity contribution in [2.24, 2.45) is 5.73 Å². The number of hydrogen-bond donors (Lipinski definition) is 2. The molecule has 0 aromatic heterocycles. The number of piperazine rings is 1. The van der Waals surface area contributed by atoms with Crippen LogP contribution in [0.1, 0.15) is 12.8 Å². The van der Waals surface area contributed by atoms with Gasteiger partial charge in [0.25, 0.3) is 0 Å². The summed E-state index contributed by atoms with van der Waals surface area (Å²) in [5, 5.41) is 2.93. The number of para-hydroxylation sites is 1. The number of nitrogens with one attached hydrogen (secondary N) is 1. The van der Waals surface area contributed by atoms with Crippen molar-refractivity contribution in [3.63, 3.8) is 0 Å². The van der Waals surface area contributed by atoms with E-state index in [1.54, 1.807) is 0 Å². The molecule has 20 heavy (non-hydrogen) atoms. The fourth-order valence-electron chi connectivity index (χ4n) is 2.38. The van der Waals surface area contributed by atoms with E-state index in [1.807, 2.05) is 35.2 Å². The first-order valence-corrected chi connectivity index (χ1v) is 7.33. The van der Waals surface area contributed by atoms with Crippen molar-refractivity contribution in [1.82, 2.24) is 9.80 Å². The number of urea groups is 1. The molecule has 0 radical (unpaired) electrons. The predicted molar refractivity (Wildman–Crippen MR) is 81.8 cm³/mol. The third-order valence-corrected chi connectivity index (χ3v) is 3.61. The maximum atomic E-state index is 12.1. The summed E-state index contributed by atoms with van der Waals surface area (Å²) in [6.07, 6.45) is 2.22. The first kappa shape index (κ1) is 14.8. The van der Waals surface area contributed by atoms with E-state index in [9.17, 15) is 4.79 Å². The fourth-order valence-corrected chi connectivity index (χ4v) is 2.38. The molecule has 5 heteroatoms. The Kier molecular flexibility index (Phi) is 5.83. The summed E-state index contributed by atoms with van der Waals surface area (Å²) < 4.78 is 0. The van der Waals surface area contributed by atoms with Gasteiger partial charge in [-0.15, -0.1) is 0 Å². The molecule has 1 aliphatic heterocycles. The summed E-state index contributed by atoms with van der Waals surface area (Å²) in [6.45, 7) is 5.34. The van der Waals surface area contributed by atoms with Crippen LogP contribution in [0.2, 0.25) is 0 Å². The van der Waals surface area contributed by atoms with Crippen LogP contribution in [0.4, 0.5) is 10.5 Å². The zero-order valence-electron chi connectivity index (χ0n) is 11.9. The van der Waals surface area contributed by atoms with Crippen molar-refractivity contribution < 1.29 is 4.79 Å². The molecule has 110 valence electrons. The molecule has 0 saturated carbocycles. The van der Waals surface area contributed by atoms with Crippen LogP contribution in [-0.4, -0.2) is 55.1 Å². The van der Waals surface area contributed by atoms with E-state index in [0.717, 1.165) is 57.8 Å². The minimum Gasteiger partial charge on any atom is -0.330 e. The van der Waals surface area contributed by atoms with Crippen molar-refractivity contribution in [2.75, 3.05) is 44.6 Å². The van der Waals surface area contributed by atoms with Gasteiger partial charge in [-0.1, -0.05) is 18.2 Å². The summed E-state index contributed by atoms with van der Waals surface area (Å²) in [5.74, 6) is 0. The Labute approximate surface area is 120 Å². The zero-order chi connectivity index (χ0) is 14.2. The first-order valence-electron chi connectivity index (χ1n) is 7.33. The summed E-state index contributed by atoms with van der Waals surface area (Å²) in [6, 6.07) is 9.59. The molecule has 1 fully saturated rings. The molecule has 1 aliphatic rings. The Balaban J connectivity index is 1.72. The Morgan fingerprint density at radius 2 is 1.80 bits per heavy atom. The van der Waals surface area contributed by atoms with Crippen LogP contribution in [-0.2, 0) is 0 Å². The molecule has 3 N–H and O–H groups in total. The van der Waals surface area contributed by atoms with E-state index in [0.29, 0.717) is 0 Å². The topological polar surface area (TPSA) is 61.6 Å². The number of benzene rings is 1. The Morgan fingerprint density at radius 1 is 1.10 bits per heavy atom. The van der Waals surface area contributed by atoms with E-state index in [1.165, 1.54) is 0 Å². The van der Waals surface area contributed by atoms with Gasteiger partial charge in [0.05, 0.1) is 0 Å². The monoisotopic (exact) mass is 276 g/mol. The number of nitrogens with zero attached hydrogens (tertiary/aromatic N) is 2. The van der Waals surface area contributed by atoms with E-state index in [4.69, 9.17) is 5.73 Å². The molecule has 1 saturated heterocycles. The Morgan fingerprint density at radius 3 is 2.45 bits per heavy atom. The quantitative estimate of drug-likeness (QED) is 0.803. The molecule has 0 aliphatic carbocycles. The van der Waals surface area contributed by atoms with Gasteiger partial charge in [0, 0.05) is 31.9 Å². The van der Waals surface area contributed by atoms with Gasteiger partial charge in [-0.25, -0.2) is 4.79 Å². The van der Waals surface area contributed by atoms with Gasteiger partial charge in [-0.3, -0.25) is 4.90 Å². The average molecular weight is 276 g/mol. The second kappa shape index (κ2) is 7.87. The van der Waals surface area contributed by atoms with Crippen LogP contribution in [0.3, 0.4) is 0 Å². The normalized spacial score (nSPS) is 16.1. The van der Waals surface area contributed by atoms with Crippen molar-refractivity contribution in [3.05, 3.63) is 30.3 Å². The summed E-state index contributed by atoms with van der Waals surface area (Å²) in [7, 11) is 0. The highest BCUT2D eigenvalue weighted by Gasteiger charge is 2.20. The number of carbonyl (C=O) groups is 1.